The molecule has 0 bridgehead atoms. The first-order valence-corrected chi connectivity index (χ1v) is 20.2. The number of rotatable bonds is 6. The molecule has 1 aliphatic rings. The number of fused-ring (bicyclic) bond motifs is 7. The van der Waals surface area contributed by atoms with Crippen LogP contribution >= 0.6 is 0 Å². The van der Waals surface area contributed by atoms with E-state index in [1.54, 1.807) is 0 Å². The van der Waals surface area contributed by atoms with Crippen LogP contribution in [0.25, 0.3) is 83.7 Å². The van der Waals surface area contributed by atoms with Crippen LogP contribution in [0.15, 0.2) is 164 Å². The molecule has 0 N–H and O–H groups in total. The number of aromatic nitrogens is 3. The molecule has 1 aromatic heterocycles. The molecule has 0 fully saturated rings. The zero-order chi connectivity index (χ0) is 38.7. The van der Waals surface area contributed by atoms with Gasteiger partial charge in [0.2, 0.25) is 0 Å². The first-order chi connectivity index (χ1) is 28.1. The first-order valence-electron chi connectivity index (χ1n) is 20.2. The molecule has 9 aromatic rings. The lowest BCUT2D eigenvalue weighted by Crippen LogP contribution is -2.04. The Kier molecular flexibility index (Phi) is 9.97. The Labute approximate surface area is 335 Å². The normalized spacial score (nSPS) is 12.1. The van der Waals surface area contributed by atoms with Crippen LogP contribution in [-0.2, 0) is 12.8 Å². The summed E-state index contributed by atoms with van der Waals surface area (Å²) in [5, 5.41) is 7.92. The van der Waals surface area contributed by atoms with Crippen molar-refractivity contribution in [1.82, 2.24) is 15.0 Å². The third-order valence-electron chi connectivity index (χ3n) is 11.2. The number of benzene rings is 8. The SMILES string of the molecule is CCCc1c(-c2nc(-c3ccccc3)nc(-c3ccc(-c4ccccc4)cc3)n2)ccc2c3ccccc3c3cc4c(c(C)c3c12)C=CCC4.Cc1ccccc1. The van der Waals surface area contributed by atoms with Crippen molar-refractivity contribution in [3.63, 3.8) is 0 Å². The summed E-state index contributed by atoms with van der Waals surface area (Å²) in [6.07, 6.45) is 8.76. The van der Waals surface area contributed by atoms with Crippen LogP contribution in [0.4, 0.5) is 0 Å². The Morgan fingerprint density at radius 2 is 1.04 bits per heavy atom. The number of nitrogens with zero attached hydrogens (tertiary/aromatic N) is 3. The lowest BCUT2D eigenvalue weighted by Gasteiger charge is -2.22. The second kappa shape index (κ2) is 15.8. The lowest BCUT2D eigenvalue weighted by atomic mass is 9.82. The summed E-state index contributed by atoms with van der Waals surface area (Å²) >= 11 is 0. The molecule has 0 aliphatic heterocycles. The van der Waals surface area contributed by atoms with Gasteiger partial charge in [-0.05, 0) is 105 Å². The molecule has 3 nitrogen and oxygen atoms in total. The number of aryl methyl sites for hydroxylation is 4. The van der Waals surface area contributed by atoms with E-state index in [1.165, 1.54) is 65.7 Å². The van der Waals surface area contributed by atoms with Crippen molar-refractivity contribution in [1.29, 1.82) is 0 Å². The van der Waals surface area contributed by atoms with E-state index in [0.29, 0.717) is 17.5 Å². The average molecular weight is 736 g/mol. The summed E-state index contributed by atoms with van der Waals surface area (Å²) in [5.74, 6) is 2.07. The molecule has 1 aliphatic carbocycles. The van der Waals surface area contributed by atoms with Crippen LogP contribution in [-0.4, -0.2) is 15.0 Å². The fourth-order valence-electron chi connectivity index (χ4n) is 8.46. The molecule has 0 amide bonds. The average Bonchev–Trinajstić information content (AvgIpc) is 3.27. The minimum atomic E-state index is 0.676. The number of hydrogen-bond donors (Lipinski definition) is 0. The van der Waals surface area contributed by atoms with Gasteiger partial charge in [-0.3, -0.25) is 0 Å². The Morgan fingerprint density at radius 3 is 1.67 bits per heavy atom. The second-order valence-electron chi connectivity index (χ2n) is 15.0. The van der Waals surface area contributed by atoms with Gasteiger partial charge in [-0.15, -0.1) is 0 Å². The highest BCUT2D eigenvalue weighted by molar-refractivity contribution is 6.28. The molecule has 3 heteroatoms. The van der Waals surface area contributed by atoms with Gasteiger partial charge in [0.25, 0.3) is 0 Å². The summed E-state index contributed by atoms with van der Waals surface area (Å²) in [5.41, 5.74) is 12.2. The topological polar surface area (TPSA) is 38.7 Å². The van der Waals surface area contributed by atoms with Gasteiger partial charge in [0.05, 0.1) is 0 Å². The Morgan fingerprint density at radius 1 is 0.491 bits per heavy atom. The van der Waals surface area contributed by atoms with Crippen LogP contribution in [0.3, 0.4) is 0 Å². The van der Waals surface area contributed by atoms with E-state index in [-0.39, 0.29) is 0 Å². The third-order valence-corrected chi connectivity index (χ3v) is 11.2. The highest BCUT2D eigenvalue weighted by Crippen LogP contribution is 2.44. The monoisotopic (exact) mass is 735 g/mol. The Balaban J connectivity index is 0.000000548. The number of allylic oxidation sites excluding steroid dienone is 1. The van der Waals surface area contributed by atoms with Crippen molar-refractivity contribution in [2.45, 2.75) is 46.5 Å². The van der Waals surface area contributed by atoms with Crippen molar-refractivity contribution in [2.24, 2.45) is 0 Å². The molecule has 0 atom stereocenters. The van der Waals surface area contributed by atoms with E-state index in [0.717, 1.165) is 47.9 Å². The van der Waals surface area contributed by atoms with Crippen molar-refractivity contribution in [2.75, 3.05) is 0 Å². The van der Waals surface area contributed by atoms with Crippen molar-refractivity contribution < 1.29 is 0 Å². The third kappa shape index (κ3) is 7.02. The molecule has 0 radical (unpaired) electrons. The molecule has 57 heavy (non-hydrogen) atoms. The fraction of sp³-hybridized carbons (Fsp3) is 0.130. The molecule has 0 saturated heterocycles. The van der Waals surface area contributed by atoms with Crippen molar-refractivity contribution >= 4 is 38.4 Å². The van der Waals surface area contributed by atoms with Gasteiger partial charge < -0.3 is 0 Å². The molecule has 10 rings (SSSR count). The summed E-state index contributed by atoms with van der Waals surface area (Å²) in [4.78, 5) is 15.5. The van der Waals surface area contributed by atoms with Gasteiger partial charge in [0, 0.05) is 16.7 Å². The quantitative estimate of drug-likeness (QED) is 0.160. The zero-order valence-corrected chi connectivity index (χ0v) is 32.8. The van der Waals surface area contributed by atoms with E-state index in [9.17, 15) is 0 Å². The summed E-state index contributed by atoms with van der Waals surface area (Å²) in [7, 11) is 0. The van der Waals surface area contributed by atoms with Gasteiger partial charge >= 0.3 is 0 Å². The molecule has 276 valence electrons. The van der Waals surface area contributed by atoms with E-state index >= 15 is 0 Å². The smallest absolute Gasteiger partial charge is 0.164 e. The minimum Gasteiger partial charge on any atom is -0.208 e. The maximum Gasteiger partial charge on any atom is 0.164 e. The molecule has 1 heterocycles. The van der Waals surface area contributed by atoms with E-state index in [4.69, 9.17) is 15.0 Å². The van der Waals surface area contributed by atoms with Gasteiger partial charge in [0.15, 0.2) is 17.5 Å². The van der Waals surface area contributed by atoms with Crippen LogP contribution in [0.1, 0.15) is 47.6 Å². The standard InChI is InChI=1S/C47H37N3.C7H8/c1-3-14-39-41(28-27-40-37-21-12-13-22-38(37)42-29-35-19-10-11-20-36(35)30(2)43(42)44(39)40)47-49-45(33-17-8-5-9-18-33)48-46(50-47)34-25-23-32(24-26-34)31-15-6-4-7-16-31;1-7-5-3-2-4-6-7/h4-9,11-13,15-18,20-29H,3,10,14,19H2,1-2H3;2-6H,1H3. The predicted octanol–water partition coefficient (Wildman–Crippen LogP) is 14.2. The molecule has 0 saturated carbocycles. The van der Waals surface area contributed by atoms with Crippen LogP contribution in [0, 0.1) is 13.8 Å². The van der Waals surface area contributed by atoms with Crippen molar-refractivity contribution in [3.05, 3.63) is 192 Å². The van der Waals surface area contributed by atoms with Gasteiger partial charge in [0.1, 0.15) is 0 Å². The predicted molar refractivity (Wildman–Crippen MR) is 241 cm³/mol. The summed E-state index contributed by atoms with van der Waals surface area (Å²) < 4.78 is 0. The highest BCUT2D eigenvalue weighted by atomic mass is 15.0. The van der Waals surface area contributed by atoms with Gasteiger partial charge in [-0.25, -0.2) is 15.0 Å². The first kappa shape index (κ1) is 36.0. The minimum absolute atomic E-state index is 0.676. The van der Waals surface area contributed by atoms with E-state index in [2.05, 4.69) is 148 Å². The van der Waals surface area contributed by atoms with E-state index in [1.807, 2.05) is 42.5 Å². The summed E-state index contributed by atoms with van der Waals surface area (Å²) in [6, 6.07) is 55.5. The summed E-state index contributed by atoms with van der Waals surface area (Å²) in [6.45, 7) is 6.67. The maximum atomic E-state index is 5.25. The molecule has 8 aromatic carbocycles. The van der Waals surface area contributed by atoms with Crippen LogP contribution in [0.2, 0.25) is 0 Å². The Bertz CT molecular complexity index is 2900. The molecule has 0 spiro atoms. The lowest BCUT2D eigenvalue weighted by molar-refractivity contribution is 0.928. The Hall–Kier alpha value is -6.71. The molecular formula is C54H45N3. The van der Waals surface area contributed by atoms with Crippen LogP contribution in [0.5, 0.6) is 0 Å². The highest BCUT2D eigenvalue weighted by Gasteiger charge is 2.22. The number of hydrogen-bond acceptors (Lipinski definition) is 3. The molecular weight excluding hydrogens is 691 g/mol. The van der Waals surface area contributed by atoms with Crippen LogP contribution < -0.4 is 0 Å². The molecule has 0 unspecified atom stereocenters. The largest absolute Gasteiger partial charge is 0.208 e. The second-order valence-corrected chi connectivity index (χ2v) is 15.0. The fourth-order valence-corrected chi connectivity index (χ4v) is 8.46. The van der Waals surface area contributed by atoms with Gasteiger partial charge in [-0.2, -0.15) is 0 Å². The van der Waals surface area contributed by atoms with Gasteiger partial charge in [-0.1, -0.05) is 183 Å². The zero-order valence-electron chi connectivity index (χ0n) is 32.8. The van der Waals surface area contributed by atoms with Crippen molar-refractivity contribution in [3.8, 4) is 45.3 Å². The maximum absolute atomic E-state index is 5.25. The van der Waals surface area contributed by atoms with E-state index < -0.39 is 0 Å².